The molecule has 0 saturated carbocycles. The molecule has 0 spiro atoms. The van der Waals surface area contributed by atoms with Crippen LogP contribution >= 0.6 is 0 Å². The zero-order chi connectivity index (χ0) is 16.6. The van der Waals surface area contributed by atoms with Crippen molar-refractivity contribution in [3.8, 4) is 0 Å². The summed E-state index contributed by atoms with van der Waals surface area (Å²) in [5.41, 5.74) is 5.02. The second-order valence-electron chi connectivity index (χ2n) is 6.39. The molecule has 0 amide bonds. The van der Waals surface area contributed by atoms with E-state index < -0.39 is 0 Å². The molecule has 0 saturated heterocycles. The molecule has 124 valence electrons. The first-order valence-electron chi connectivity index (χ1n) is 8.80. The molecule has 0 aliphatic carbocycles. The Morgan fingerprint density at radius 2 is 1.67 bits per heavy atom. The monoisotopic (exact) mass is 319 g/mol. The van der Waals surface area contributed by atoms with Gasteiger partial charge < -0.3 is 5.11 Å². The summed E-state index contributed by atoms with van der Waals surface area (Å²) in [6, 6.07) is 21.1. The van der Waals surface area contributed by atoms with Crippen LogP contribution in [0.5, 0.6) is 0 Å². The van der Waals surface area contributed by atoms with E-state index in [2.05, 4.69) is 60.7 Å². The van der Waals surface area contributed by atoms with E-state index in [4.69, 9.17) is 4.99 Å². The molecule has 1 heterocycles. The second kappa shape index (κ2) is 8.60. The fraction of sp³-hybridized carbons (Fsp3) is 0.318. The number of hydrogen-bond donors (Lipinski definition) is 1. The quantitative estimate of drug-likeness (QED) is 0.842. The molecule has 0 fully saturated rings. The number of allylic oxidation sites excluding steroid dienone is 2. The molecule has 3 rings (SSSR count). The average molecular weight is 319 g/mol. The zero-order valence-corrected chi connectivity index (χ0v) is 14.1. The topological polar surface area (TPSA) is 32.6 Å². The highest BCUT2D eigenvalue weighted by atomic mass is 16.3. The number of aliphatic hydroxyl groups is 1. The van der Waals surface area contributed by atoms with Crippen molar-refractivity contribution in [2.45, 2.75) is 38.2 Å². The van der Waals surface area contributed by atoms with Gasteiger partial charge in [-0.1, -0.05) is 66.7 Å². The SMILES string of the molecule is OC1CCN=C(C(=CCCc2ccccc2)Cc2ccccc2)C1. The first kappa shape index (κ1) is 16.7. The van der Waals surface area contributed by atoms with Gasteiger partial charge in [0.05, 0.1) is 6.10 Å². The Morgan fingerprint density at radius 1 is 1.00 bits per heavy atom. The molecule has 1 aliphatic heterocycles. The molecule has 1 aliphatic rings. The first-order valence-corrected chi connectivity index (χ1v) is 8.80. The summed E-state index contributed by atoms with van der Waals surface area (Å²) in [4.78, 5) is 4.69. The van der Waals surface area contributed by atoms with Crippen LogP contribution in [0, 0.1) is 0 Å². The molecule has 2 heteroatoms. The molecule has 2 nitrogen and oxygen atoms in total. The molecule has 1 N–H and O–H groups in total. The Labute approximate surface area is 144 Å². The Balaban J connectivity index is 1.73. The summed E-state index contributed by atoms with van der Waals surface area (Å²) in [7, 11) is 0. The highest BCUT2D eigenvalue weighted by molar-refractivity contribution is 6.01. The lowest BCUT2D eigenvalue weighted by atomic mass is 9.93. The maximum Gasteiger partial charge on any atom is 0.0613 e. The van der Waals surface area contributed by atoms with E-state index in [0.717, 1.165) is 37.9 Å². The minimum atomic E-state index is -0.245. The summed E-state index contributed by atoms with van der Waals surface area (Å²) in [5.74, 6) is 0. The summed E-state index contributed by atoms with van der Waals surface area (Å²) < 4.78 is 0. The van der Waals surface area contributed by atoms with Crippen molar-refractivity contribution in [3.63, 3.8) is 0 Å². The Hall–Kier alpha value is -2.19. The van der Waals surface area contributed by atoms with E-state index >= 15 is 0 Å². The Bertz CT molecular complexity index is 688. The third kappa shape index (κ3) is 4.90. The summed E-state index contributed by atoms with van der Waals surface area (Å²) in [6.45, 7) is 0.737. The lowest BCUT2D eigenvalue weighted by Gasteiger charge is -2.20. The van der Waals surface area contributed by atoms with Crippen LogP contribution in [0.25, 0.3) is 0 Å². The van der Waals surface area contributed by atoms with Gasteiger partial charge in [0.15, 0.2) is 0 Å². The van der Waals surface area contributed by atoms with E-state index in [1.165, 1.54) is 16.7 Å². The lowest BCUT2D eigenvalue weighted by molar-refractivity contribution is 0.170. The minimum Gasteiger partial charge on any atom is -0.393 e. The van der Waals surface area contributed by atoms with Crippen LogP contribution < -0.4 is 0 Å². The normalized spacial score (nSPS) is 18.3. The average Bonchev–Trinajstić information content (AvgIpc) is 2.63. The first-order chi connectivity index (χ1) is 11.8. The van der Waals surface area contributed by atoms with Gasteiger partial charge in [-0.05, 0) is 42.4 Å². The van der Waals surface area contributed by atoms with Crippen molar-refractivity contribution in [3.05, 3.63) is 83.4 Å². The number of rotatable bonds is 6. The third-order valence-electron chi connectivity index (χ3n) is 4.47. The van der Waals surface area contributed by atoms with E-state index in [1.54, 1.807) is 0 Å². The Morgan fingerprint density at radius 3 is 2.33 bits per heavy atom. The second-order valence-corrected chi connectivity index (χ2v) is 6.39. The molecular formula is C22H25NO. The van der Waals surface area contributed by atoms with E-state index in [1.807, 2.05) is 6.07 Å². The van der Waals surface area contributed by atoms with Crippen molar-refractivity contribution in [1.29, 1.82) is 0 Å². The Kier molecular flexibility index (Phi) is 5.97. The predicted molar refractivity (Wildman–Crippen MR) is 101 cm³/mol. The fourth-order valence-corrected chi connectivity index (χ4v) is 3.14. The zero-order valence-electron chi connectivity index (χ0n) is 14.1. The molecule has 0 aromatic heterocycles. The van der Waals surface area contributed by atoms with Crippen molar-refractivity contribution in [2.75, 3.05) is 6.54 Å². The predicted octanol–water partition coefficient (Wildman–Crippen LogP) is 4.38. The van der Waals surface area contributed by atoms with E-state index in [9.17, 15) is 5.11 Å². The summed E-state index contributed by atoms with van der Waals surface area (Å²) in [6.07, 6.45) is 6.47. The standard InChI is InChI=1S/C22H25NO/c24-21-14-15-23-22(17-21)20(16-19-10-5-2-6-11-19)13-7-12-18-8-3-1-4-9-18/h1-6,8-11,13,21,24H,7,12,14-17H2. The molecule has 24 heavy (non-hydrogen) atoms. The van der Waals surface area contributed by atoms with Crippen molar-refractivity contribution in [1.82, 2.24) is 0 Å². The molecule has 0 radical (unpaired) electrons. The van der Waals surface area contributed by atoms with Crippen LogP contribution in [0.1, 0.15) is 30.4 Å². The van der Waals surface area contributed by atoms with Crippen LogP contribution in [0.4, 0.5) is 0 Å². The molecule has 1 unspecified atom stereocenters. The van der Waals surface area contributed by atoms with Gasteiger partial charge >= 0.3 is 0 Å². The molecule has 1 atom stereocenters. The van der Waals surface area contributed by atoms with Crippen molar-refractivity contribution >= 4 is 5.71 Å². The number of benzene rings is 2. The number of hydrogen-bond acceptors (Lipinski definition) is 2. The number of nitrogens with zero attached hydrogens (tertiary/aromatic N) is 1. The molecule has 0 bridgehead atoms. The van der Waals surface area contributed by atoms with Gasteiger partial charge in [-0.3, -0.25) is 4.99 Å². The number of aliphatic hydroxyl groups excluding tert-OH is 1. The van der Waals surface area contributed by atoms with E-state index in [0.29, 0.717) is 6.42 Å². The third-order valence-corrected chi connectivity index (χ3v) is 4.47. The van der Waals surface area contributed by atoms with Crippen LogP contribution in [-0.2, 0) is 12.8 Å². The van der Waals surface area contributed by atoms with Crippen LogP contribution in [0.15, 0.2) is 77.3 Å². The van der Waals surface area contributed by atoms with Crippen molar-refractivity contribution in [2.24, 2.45) is 4.99 Å². The van der Waals surface area contributed by atoms with Crippen LogP contribution in [0.3, 0.4) is 0 Å². The van der Waals surface area contributed by atoms with Gasteiger partial charge in [0.1, 0.15) is 0 Å². The summed E-state index contributed by atoms with van der Waals surface area (Å²) in [5, 5.41) is 9.99. The largest absolute Gasteiger partial charge is 0.393 e. The van der Waals surface area contributed by atoms with Gasteiger partial charge in [-0.2, -0.15) is 0 Å². The van der Waals surface area contributed by atoms with Gasteiger partial charge in [0.25, 0.3) is 0 Å². The van der Waals surface area contributed by atoms with E-state index in [-0.39, 0.29) is 6.10 Å². The molecule has 2 aromatic rings. The number of aryl methyl sites for hydroxylation is 1. The lowest BCUT2D eigenvalue weighted by Crippen LogP contribution is -2.22. The van der Waals surface area contributed by atoms with Gasteiger partial charge in [0.2, 0.25) is 0 Å². The molecular weight excluding hydrogens is 294 g/mol. The smallest absolute Gasteiger partial charge is 0.0613 e. The highest BCUT2D eigenvalue weighted by Crippen LogP contribution is 2.19. The highest BCUT2D eigenvalue weighted by Gasteiger charge is 2.17. The summed E-state index contributed by atoms with van der Waals surface area (Å²) >= 11 is 0. The fourth-order valence-electron chi connectivity index (χ4n) is 3.14. The van der Waals surface area contributed by atoms with Gasteiger partial charge in [-0.25, -0.2) is 0 Å². The van der Waals surface area contributed by atoms with Gasteiger partial charge in [0, 0.05) is 18.7 Å². The minimum absolute atomic E-state index is 0.245. The maximum atomic E-state index is 9.99. The van der Waals surface area contributed by atoms with Crippen LogP contribution in [-0.4, -0.2) is 23.5 Å². The van der Waals surface area contributed by atoms with Crippen LogP contribution in [0.2, 0.25) is 0 Å². The molecule has 2 aromatic carbocycles. The van der Waals surface area contributed by atoms with Gasteiger partial charge in [-0.15, -0.1) is 0 Å². The maximum absolute atomic E-state index is 9.99. The number of aliphatic imine (C=N–C) groups is 1. The van der Waals surface area contributed by atoms with Crippen molar-refractivity contribution < 1.29 is 5.11 Å².